The van der Waals surface area contributed by atoms with Crippen molar-refractivity contribution in [1.29, 1.82) is 0 Å². The van der Waals surface area contributed by atoms with Crippen molar-refractivity contribution in [2.45, 2.75) is 32.1 Å². The van der Waals surface area contributed by atoms with Crippen molar-refractivity contribution in [3.63, 3.8) is 0 Å². The van der Waals surface area contributed by atoms with Crippen molar-refractivity contribution < 1.29 is 14.3 Å². The Morgan fingerprint density at radius 3 is 2.20 bits per heavy atom. The van der Waals surface area contributed by atoms with Crippen LogP contribution in [-0.4, -0.2) is 59.4 Å². The van der Waals surface area contributed by atoms with E-state index in [2.05, 4.69) is 4.98 Å². The van der Waals surface area contributed by atoms with Crippen molar-refractivity contribution in [2.75, 3.05) is 32.8 Å². The van der Waals surface area contributed by atoms with Crippen molar-refractivity contribution in [1.82, 2.24) is 14.8 Å². The van der Waals surface area contributed by atoms with E-state index < -0.39 is 0 Å². The smallest absolute Gasteiger partial charge is 0.253 e. The summed E-state index contributed by atoms with van der Waals surface area (Å²) in [5.74, 6) is 1.24. The zero-order valence-corrected chi connectivity index (χ0v) is 17.3. The summed E-state index contributed by atoms with van der Waals surface area (Å²) in [6.07, 6.45) is 8.72. The van der Waals surface area contributed by atoms with Crippen molar-refractivity contribution in [3.8, 4) is 5.75 Å². The lowest BCUT2D eigenvalue weighted by Gasteiger charge is -2.32. The largest absolute Gasteiger partial charge is 0.493 e. The van der Waals surface area contributed by atoms with Gasteiger partial charge in [-0.05, 0) is 68.5 Å². The number of aromatic nitrogens is 1. The first-order chi connectivity index (χ1) is 14.7. The second-order valence-electron chi connectivity index (χ2n) is 8.18. The summed E-state index contributed by atoms with van der Waals surface area (Å²) < 4.78 is 5.99. The molecule has 6 heteroatoms. The Bertz CT molecular complexity index is 848. The standard InChI is InChI=1S/C24H29N3O3/c28-23(26-14-2-1-3-15-26)20-6-8-22(9-7-20)30-18-19-5-4-16-27(17-19)24(29)21-10-12-25-13-11-21/h6-13,19H,1-5,14-18H2/t19-/m1/s1. The van der Waals surface area contributed by atoms with Crippen LogP contribution in [0.1, 0.15) is 52.8 Å². The number of ether oxygens (including phenoxy) is 1. The molecule has 2 saturated heterocycles. The van der Waals surface area contributed by atoms with E-state index in [-0.39, 0.29) is 11.8 Å². The van der Waals surface area contributed by atoms with Gasteiger partial charge < -0.3 is 14.5 Å². The minimum Gasteiger partial charge on any atom is -0.493 e. The first-order valence-corrected chi connectivity index (χ1v) is 10.9. The van der Waals surface area contributed by atoms with Crippen LogP contribution >= 0.6 is 0 Å². The Kier molecular flexibility index (Phi) is 6.62. The topological polar surface area (TPSA) is 62.7 Å². The predicted molar refractivity (Wildman–Crippen MR) is 115 cm³/mol. The number of hydrogen-bond acceptors (Lipinski definition) is 4. The third kappa shape index (κ3) is 4.99. The van der Waals surface area contributed by atoms with E-state index in [0.717, 1.165) is 56.6 Å². The van der Waals surface area contributed by atoms with Gasteiger partial charge in [0.05, 0.1) is 6.61 Å². The van der Waals surface area contributed by atoms with Crippen molar-refractivity contribution in [3.05, 3.63) is 59.9 Å². The molecule has 0 radical (unpaired) electrons. The summed E-state index contributed by atoms with van der Waals surface area (Å²) in [5, 5.41) is 0. The van der Waals surface area contributed by atoms with Crippen LogP contribution in [0.4, 0.5) is 0 Å². The number of carbonyl (C=O) groups excluding carboxylic acids is 2. The van der Waals surface area contributed by atoms with Crippen molar-refractivity contribution >= 4 is 11.8 Å². The van der Waals surface area contributed by atoms with Crippen molar-refractivity contribution in [2.24, 2.45) is 5.92 Å². The molecule has 0 spiro atoms. The lowest BCUT2D eigenvalue weighted by Crippen LogP contribution is -2.41. The molecule has 30 heavy (non-hydrogen) atoms. The molecule has 0 aliphatic carbocycles. The molecular weight excluding hydrogens is 378 g/mol. The van der Waals surface area contributed by atoms with E-state index in [0.29, 0.717) is 24.6 Å². The van der Waals surface area contributed by atoms with Gasteiger partial charge in [0.25, 0.3) is 11.8 Å². The molecule has 1 aromatic carbocycles. The lowest BCUT2D eigenvalue weighted by atomic mass is 9.98. The van der Waals surface area contributed by atoms with Crippen LogP contribution in [0.5, 0.6) is 5.75 Å². The zero-order chi connectivity index (χ0) is 20.8. The minimum atomic E-state index is 0.0580. The van der Waals surface area contributed by atoms with Gasteiger partial charge >= 0.3 is 0 Å². The quantitative estimate of drug-likeness (QED) is 0.759. The fraction of sp³-hybridized carbons (Fsp3) is 0.458. The monoisotopic (exact) mass is 407 g/mol. The van der Waals surface area contributed by atoms with Crippen LogP contribution in [-0.2, 0) is 0 Å². The van der Waals surface area contributed by atoms with Gasteiger partial charge in [-0.25, -0.2) is 0 Å². The Balaban J connectivity index is 1.29. The molecule has 2 aliphatic heterocycles. The highest BCUT2D eigenvalue weighted by Crippen LogP contribution is 2.21. The van der Waals surface area contributed by atoms with E-state index in [1.165, 1.54) is 6.42 Å². The predicted octanol–water partition coefficient (Wildman–Crippen LogP) is 3.64. The highest BCUT2D eigenvalue weighted by Gasteiger charge is 2.25. The first-order valence-electron chi connectivity index (χ1n) is 10.9. The molecule has 4 rings (SSSR count). The number of likely N-dealkylation sites (tertiary alicyclic amines) is 2. The van der Waals surface area contributed by atoms with Gasteiger partial charge in [-0.2, -0.15) is 0 Å². The van der Waals surface area contributed by atoms with Gasteiger partial charge in [-0.15, -0.1) is 0 Å². The summed E-state index contributed by atoms with van der Waals surface area (Å²) in [5.41, 5.74) is 1.40. The van der Waals surface area contributed by atoms with Gasteiger partial charge in [0.2, 0.25) is 0 Å². The van der Waals surface area contributed by atoms with E-state index in [9.17, 15) is 9.59 Å². The third-order valence-electron chi connectivity index (χ3n) is 5.96. The van der Waals surface area contributed by atoms with Crippen LogP contribution < -0.4 is 4.74 Å². The molecule has 2 aromatic rings. The maximum Gasteiger partial charge on any atom is 0.253 e. The number of hydrogen-bond donors (Lipinski definition) is 0. The number of benzene rings is 1. The molecule has 0 N–H and O–H groups in total. The van der Waals surface area contributed by atoms with E-state index in [1.54, 1.807) is 24.5 Å². The Morgan fingerprint density at radius 1 is 0.833 bits per heavy atom. The van der Waals surface area contributed by atoms with E-state index >= 15 is 0 Å². The molecule has 0 saturated carbocycles. The maximum atomic E-state index is 12.7. The molecule has 2 amide bonds. The molecule has 2 fully saturated rings. The van der Waals surface area contributed by atoms with Gasteiger partial charge in [-0.3, -0.25) is 14.6 Å². The Labute approximate surface area is 177 Å². The third-order valence-corrected chi connectivity index (χ3v) is 5.96. The Morgan fingerprint density at radius 2 is 1.47 bits per heavy atom. The highest BCUT2D eigenvalue weighted by molar-refractivity contribution is 5.94. The van der Waals surface area contributed by atoms with E-state index in [4.69, 9.17) is 4.74 Å². The summed E-state index contributed by atoms with van der Waals surface area (Å²) in [7, 11) is 0. The number of pyridine rings is 1. The van der Waals surface area contributed by atoms with Crippen LogP contribution in [0, 0.1) is 5.92 Å². The second kappa shape index (κ2) is 9.74. The number of piperidine rings is 2. The fourth-order valence-corrected chi connectivity index (χ4v) is 4.25. The molecule has 3 heterocycles. The molecule has 1 aromatic heterocycles. The van der Waals surface area contributed by atoms with Crippen LogP contribution in [0.2, 0.25) is 0 Å². The molecule has 1 atom stereocenters. The van der Waals surface area contributed by atoms with Gasteiger partial charge in [0.1, 0.15) is 5.75 Å². The molecule has 6 nitrogen and oxygen atoms in total. The molecule has 158 valence electrons. The van der Waals surface area contributed by atoms with Gasteiger partial charge in [-0.1, -0.05) is 0 Å². The highest BCUT2D eigenvalue weighted by atomic mass is 16.5. The SMILES string of the molecule is O=C(c1ccc(OC[C@@H]2CCCN(C(=O)c3ccncc3)C2)cc1)N1CCCCC1. The van der Waals surface area contributed by atoms with Crippen LogP contribution in [0.3, 0.4) is 0 Å². The van der Waals surface area contributed by atoms with Crippen LogP contribution in [0.25, 0.3) is 0 Å². The lowest BCUT2D eigenvalue weighted by molar-refractivity contribution is 0.0633. The normalized spacial score (nSPS) is 19.4. The fourth-order valence-electron chi connectivity index (χ4n) is 4.25. The van der Waals surface area contributed by atoms with Crippen LogP contribution in [0.15, 0.2) is 48.8 Å². The van der Waals surface area contributed by atoms with Gasteiger partial charge in [0.15, 0.2) is 0 Å². The first kappa shape index (κ1) is 20.4. The number of nitrogens with zero attached hydrogens (tertiary/aromatic N) is 3. The van der Waals surface area contributed by atoms with Gasteiger partial charge in [0, 0.05) is 55.6 Å². The Hall–Kier alpha value is -2.89. The molecule has 0 bridgehead atoms. The molecular formula is C24H29N3O3. The molecule has 0 unspecified atom stereocenters. The number of rotatable bonds is 5. The summed E-state index contributed by atoms with van der Waals surface area (Å²) in [4.78, 5) is 33.1. The molecule has 2 aliphatic rings. The number of amides is 2. The zero-order valence-electron chi connectivity index (χ0n) is 17.3. The second-order valence-corrected chi connectivity index (χ2v) is 8.18. The summed E-state index contributed by atoms with van der Waals surface area (Å²) in [6.45, 7) is 3.76. The summed E-state index contributed by atoms with van der Waals surface area (Å²) in [6, 6.07) is 11.0. The average molecular weight is 408 g/mol. The average Bonchev–Trinajstić information content (AvgIpc) is 2.83. The number of carbonyl (C=O) groups is 2. The maximum absolute atomic E-state index is 12.7. The summed E-state index contributed by atoms with van der Waals surface area (Å²) >= 11 is 0. The minimum absolute atomic E-state index is 0.0580. The van der Waals surface area contributed by atoms with E-state index in [1.807, 2.05) is 34.1 Å².